The van der Waals surface area contributed by atoms with Gasteiger partial charge >= 0.3 is 0 Å². The van der Waals surface area contributed by atoms with Gasteiger partial charge in [-0.1, -0.05) is 19.6 Å². The molecule has 0 unspecified atom stereocenters. The van der Waals surface area contributed by atoms with Crippen molar-refractivity contribution in [3.8, 4) is 17.3 Å². The molecule has 1 fully saturated rings. The molecule has 3 aromatic heterocycles. The molecule has 36 heavy (non-hydrogen) atoms. The Morgan fingerprint density at radius 3 is 2.64 bits per heavy atom. The Hall–Kier alpha value is -2.59. The standard InChI is InChI=1S/C24H35N7O3SSi/c1-5-35(32,33)30-12-8-24(7-10-25,9-13-30)31-17-20(16-28-31)22-21-6-11-29(23(21)27-18-26-22)19-34-14-15-36(2,3)4/h6,11,16-18H,5,7-9,12-15,19H2,1-4H3. The van der Waals surface area contributed by atoms with Gasteiger partial charge in [-0.05, 0) is 31.9 Å². The summed E-state index contributed by atoms with van der Waals surface area (Å²) >= 11 is 0. The van der Waals surface area contributed by atoms with Crippen molar-refractivity contribution in [3.63, 3.8) is 0 Å². The fraction of sp³-hybridized carbons (Fsp3) is 0.583. The molecular weight excluding hydrogens is 494 g/mol. The van der Waals surface area contributed by atoms with Gasteiger partial charge in [-0.2, -0.15) is 10.4 Å². The van der Waals surface area contributed by atoms with Crippen molar-refractivity contribution in [1.82, 2.24) is 28.6 Å². The second kappa shape index (κ2) is 10.4. The number of nitriles is 1. The molecule has 0 aliphatic carbocycles. The van der Waals surface area contributed by atoms with Gasteiger partial charge in [0.05, 0.1) is 35.7 Å². The summed E-state index contributed by atoms with van der Waals surface area (Å²) in [5.74, 6) is 0.0802. The lowest BCUT2D eigenvalue weighted by atomic mass is 9.85. The molecule has 0 amide bonds. The van der Waals surface area contributed by atoms with Crippen molar-refractivity contribution in [2.75, 3.05) is 25.4 Å². The first-order valence-corrected chi connectivity index (χ1v) is 17.7. The first-order valence-electron chi connectivity index (χ1n) is 12.4. The lowest BCUT2D eigenvalue weighted by molar-refractivity contribution is 0.0899. The summed E-state index contributed by atoms with van der Waals surface area (Å²) in [6.07, 6.45) is 8.52. The molecule has 0 radical (unpaired) electrons. The van der Waals surface area contributed by atoms with Crippen molar-refractivity contribution < 1.29 is 13.2 Å². The highest BCUT2D eigenvalue weighted by Crippen LogP contribution is 2.36. The van der Waals surface area contributed by atoms with E-state index in [0.29, 0.717) is 32.7 Å². The highest BCUT2D eigenvalue weighted by Gasteiger charge is 2.40. The topological polar surface area (TPSA) is 119 Å². The molecule has 194 valence electrons. The van der Waals surface area contributed by atoms with Gasteiger partial charge in [0.25, 0.3) is 0 Å². The quantitative estimate of drug-likeness (QED) is 0.290. The predicted octanol–water partition coefficient (Wildman–Crippen LogP) is 3.66. The molecule has 4 heterocycles. The van der Waals surface area contributed by atoms with Crippen molar-refractivity contribution in [2.24, 2.45) is 0 Å². The predicted molar refractivity (Wildman–Crippen MR) is 141 cm³/mol. The van der Waals surface area contributed by atoms with Gasteiger partial charge in [-0.3, -0.25) is 4.68 Å². The van der Waals surface area contributed by atoms with E-state index in [1.54, 1.807) is 19.4 Å². The highest BCUT2D eigenvalue weighted by atomic mass is 32.2. The minimum atomic E-state index is -3.25. The SMILES string of the molecule is CCS(=O)(=O)N1CCC(CC#N)(n2cc(-c3ncnc4c3ccn4COCC[Si](C)(C)C)cn2)CC1. The summed E-state index contributed by atoms with van der Waals surface area (Å²) in [5, 5.41) is 15.1. The minimum absolute atomic E-state index is 0.0802. The second-order valence-electron chi connectivity index (χ2n) is 10.6. The summed E-state index contributed by atoms with van der Waals surface area (Å²) in [7, 11) is -4.40. The maximum Gasteiger partial charge on any atom is 0.213 e. The number of hydrogen-bond acceptors (Lipinski definition) is 7. The molecule has 12 heteroatoms. The van der Waals surface area contributed by atoms with Gasteiger partial charge in [0.15, 0.2) is 0 Å². The molecule has 1 aliphatic heterocycles. The first-order chi connectivity index (χ1) is 17.1. The van der Waals surface area contributed by atoms with E-state index in [2.05, 4.69) is 40.8 Å². The van der Waals surface area contributed by atoms with Gasteiger partial charge in [-0.25, -0.2) is 22.7 Å². The Labute approximate surface area is 214 Å². The molecule has 0 aromatic carbocycles. The van der Waals surface area contributed by atoms with Crippen molar-refractivity contribution in [3.05, 3.63) is 31.0 Å². The van der Waals surface area contributed by atoms with Crippen molar-refractivity contribution in [1.29, 1.82) is 5.26 Å². The number of fused-ring (bicyclic) bond motifs is 1. The van der Waals surface area contributed by atoms with Crippen LogP contribution < -0.4 is 0 Å². The highest BCUT2D eigenvalue weighted by molar-refractivity contribution is 7.89. The van der Waals surface area contributed by atoms with Crippen LogP contribution in [0, 0.1) is 11.3 Å². The Kier molecular flexibility index (Phi) is 7.66. The van der Waals surface area contributed by atoms with E-state index in [4.69, 9.17) is 4.74 Å². The number of aromatic nitrogens is 5. The molecule has 3 aromatic rings. The minimum Gasteiger partial charge on any atom is -0.361 e. The van der Waals surface area contributed by atoms with E-state index in [1.165, 1.54) is 4.31 Å². The Bertz CT molecular complexity index is 1350. The van der Waals surface area contributed by atoms with Crippen LogP contribution in [0.15, 0.2) is 31.0 Å². The van der Waals surface area contributed by atoms with Crippen molar-refractivity contribution in [2.45, 2.75) is 64.1 Å². The van der Waals surface area contributed by atoms with Crippen molar-refractivity contribution >= 4 is 29.1 Å². The van der Waals surface area contributed by atoms with Crippen LogP contribution in [0.5, 0.6) is 0 Å². The molecule has 0 N–H and O–H groups in total. The molecule has 0 bridgehead atoms. The number of piperidine rings is 1. The molecule has 1 aliphatic rings. The summed E-state index contributed by atoms with van der Waals surface area (Å²) < 4.78 is 35.9. The molecule has 4 rings (SSSR count). The van der Waals surface area contributed by atoms with Gasteiger partial charge in [0.2, 0.25) is 10.0 Å². The molecule has 0 atom stereocenters. The van der Waals surface area contributed by atoms with Crippen LogP contribution in [0.25, 0.3) is 22.3 Å². The summed E-state index contributed by atoms with van der Waals surface area (Å²) in [5.41, 5.74) is 1.85. The fourth-order valence-electron chi connectivity index (χ4n) is 4.58. The largest absolute Gasteiger partial charge is 0.361 e. The molecule has 0 saturated carbocycles. The zero-order chi connectivity index (χ0) is 26.0. The smallest absolute Gasteiger partial charge is 0.213 e. The Morgan fingerprint density at radius 2 is 1.97 bits per heavy atom. The van der Waals surface area contributed by atoms with E-state index >= 15 is 0 Å². The normalized spacial score (nSPS) is 16.9. The number of ether oxygens (including phenoxy) is 1. The van der Waals surface area contributed by atoms with Gasteiger partial charge in [0.1, 0.15) is 18.7 Å². The van der Waals surface area contributed by atoms with E-state index in [9.17, 15) is 13.7 Å². The number of nitrogens with zero attached hydrogens (tertiary/aromatic N) is 7. The second-order valence-corrected chi connectivity index (χ2v) is 18.5. The molecule has 1 saturated heterocycles. The third kappa shape index (κ3) is 5.54. The molecule has 0 spiro atoms. The van der Waals surface area contributed by atoms with Crippen LogP contribution in [0.3, 0.4) is 0 Å². The summed E-state index contributed by atoms with van der Waals surface area (Å²) in [6.45, 7) is 10.6. The average Bonchev–Trinajstić information content (AvgIpc) is 3.50. The molecule has 10 nitrogen and oxygen atoms in total. The zero-order valence-electron chi connectivity index (χ0n) is 21.5. The third-order valence-corrected chi connectivity index (χ3v) is 10.5. The number of rotatable bonds is 10. The van der Waals surface area contributed by atoms with E-state index in [-0.39, 0.29) is 12.2 Å². The van der Waals surface area contributed by atoms with Crippen LogP contribution in [0.2, 0.25) is 25.7 Å². The van der Waals surface area contributed by atoms with E-state index in [1.807, 2.05) is 27.7 Å². The number of sulfonamides is 1. The third-order valence-electron chi connectivity index (χ3n) is 6.94. The first kappa shape index (κ1) is 26.5. The number of hydrogen-bond donors (Lipinski definition) is 0. The Morgan fingerprint density at radius 1 is 1.22 bits per heavy atom. The summed E-state index contributed by atoms with van der Waals surface area (Å²) in [4.78, 5) is 9.02. The van der Waals surface area contributed by atoms with E-state index in [0.717, 1.165) is 34.9 Å². The van der Waals surface area contributed by atoms with Crippen LogP contribution in [-0.4, -0.2) is 70.6 Å². The lowest BCUT2D eigenvalue weighted by Crippen LogP contribution is -2.48. The lowest BCUT2D eigenvalue weighted by Gasteiger charge is -2.40. The fourth-order valence-corrected chi connectivity index (χ4v) is 6.44. The Balaban J connectivity index is 1.55. The van der Waals surface area contributed by atoms with Crippen LogP contribution in [-0.2, 0) is 27.0 Å². The van der Waals surface area contributed by atoms with Crippen LogP contribution in [0.4, 0.5) is 0 Å². The van der Waals surface area contributed by atoms with E-state index < -0.39 is 23.6 Å². The van der Waals surface area contributed by atoms with Gasteiger partial charge in [0, 0.05) is 51.1 Å². The van der Waals surface area contributed by atoms with Gasteiger partial charge < -0.3 is 9.30 Å². The van der Waals surface area contributed by atoms with Gasteiger partial charge in [-0.15, -0.1) is 0 Å². The zero-order valence-corrected chi connectivity index (χ0v) is 23.3. The average molecular weight is 530 g/mol. The maximum absolute atomic E-state index is 12.3. The maximum atomic E-state index is 12.3. The molecular formula is C24H35N7O3SSi. The van der Waals surface area contributed by atoms with Crippen LogP contribution in [0.1, 0.15) is 26.2 Å². The summed E-state index contributed by atoms with van der Waals surface area (Å²) in [6, 6.07) is 5.39. The monoisotopic (exact) mass is 529 g/mol. The van der Waals surface area contributed by atoms with Crippen LogP contribution >= 0.6 is 0 Å².